The van der Waals surface area contributed by atoms with Gasteiger partial charge in [-0.05, 0) is 38.1 Å². The molecule has 0 spiro atoms. The number of hydrogen-bond acceptors (Lipinski definition) is 5. The van der Waals surface area contributed by atoms with Gasteiger partial charge in [0, 0.05) is 12.3 Å². The number of aliphatic imine (C=N–C) groups is 1. The summed E-state index contributed by atoms with van der Waals surface area (Å²) in [5, 5.41) is 0. The molecule has 0 saturated heterocycles. The zero-order chi connectivity index (χ0) is 16.6. The number of pyridine rings is 1. The van der Waals surface area contributed by atoms with Crippen LogP contribution in [-0.4, -0.2) is 29.2 Å². The molecule has 0 unspecified atom stereocenters. The number of ether oxygens (including phenoxy) is 2. The lowest BCUT2D eigenvalue weighted by Gasteiger charge is -2.30. The molecular formula is C17H16N2O4. The molecule has 23 heavy (non-hydrogen) atoms. The van der Waals surface area contributed by atoms with Gasteiger partial charge in [-0.3, -0.25) is 9.36 Å². The lowest BCUT2D eigenvalue weighted by atomic mass is 10.1. The number of methoxy groups -OCH3 is 1. The molecule has 0 saturated carbocycles. The van der Waals surface area contributed by atoms with E-state index in [2.05, 4.69) is 4.99 Å². The Morgan fingerprint density at radius 2 is 2.04 bits per heavy atom. The van der Waals surface area contributed by atoms with E-state index in [9.17, 15) is 9.59 Å². The lowest BCUT2D eigenvalue weighted by molar-refractivity contribution is 0.0600. The van der Waals surface area contributed by atoms with E-state index in [0.29, 0.717) is 22.7 Å². The summed E-state index contributed by atoms with van der Waals surface area (Å²) in [5.74, 6) is 0.536. The van der Waals surface area contributed by atoms with E-state index >= 15 is 0 Å². The van der Waals surface area contributed by atoms with Crippen molar-refractivity contribution < 1.29 is 14.3 Å². The fourth-order valence-corrected chi connectivity index (χ4v) is 2.43. The van der Waals surface area contributed by atoms with E-state index < -0.39 is 11.7 Å². The highest BCUT2D eigenvalue weighted by Gasteiger charge is 2.30. The summed E-state index contributed by atoms with van der Waals surface area (Å²) in [6, 6.07) is 9.79. The molecule has 0 aliphatic carbocycles. The van der Waals surface area contributed by atoms with Crippen LogP contribution >= 0.6 is 0 Å². The second-order valence-electron chi connectivity index (χ2n) is 5.60. The molecule has 118 valence electrons. The normalized spacial score (nSPS) is 15.2. The maximum Gasteiger partial charge on any atom is 0.337 e. The van der Waals surface area contributed by atoms with Crippen LogP contribution in [0.3, 0.4) is 0 Å². The van der Waals surface area contributed by atoms with Crippen LogP contribution in [0.15, 0.2) is 52.4 Å². The van der Waals surface area contributed by atoms with Gasteiger partial charge < -0.3 is 9.47 Å². The number of fused-ring (bicyclic) bond motifs is 1. The Bertz CT molecular complexity index is 865. The number of benzene rings is 1. The molecule has 0 atom stereocenters. The molecule has 0 N–H and O–H groups in total. The SMILES string of the molecule is COC(=O)c1ccc2c(c1)C(n1ccccc1=O)=NC(C)(C)O2. The van der Waals surface area contributed by atoms with Crippen molar-refractivity contribution in [2.75, 3.05) is 7.11 Å². The minimum absolute atomic E-state index is 0.210. The summed E-state index contributed by atoms with van der Waals surface area (Å²) >= 11 is 0. The van der Waals surface area contributed by atoms with Gasteiger partial charge in [0.2, 0.25) is 0 Å². The van der Waals surface area contributed by atoms with E-state index in [1.807, 2.05) is 0 Å². The Morgan fingerprint density at radius 1 is 1.26 bits per heavy atom. The minimum atomic E-state index is -0.815. The molecule has 1 aliphatic heterocycles. The first-order valence-corrected chi connectivity index (χ1v) is 7.11. The first-order chi connectivity index (χ1) is 10.9. The summed E-state index contributed by atoms with van der Waals surface area (Å²) in [6.07, 6.45) is 1.64. The summed E-state index contributed by atoms with van der Waals surface area (Å²) in [7, 11) is 1.32. The van der Waals surface area contributed by atoms with Crippen molar-refractivity contribution in [2.24, 2.45) is 4.99 Å². The van der Waals surface area contributed by atoms with E-state index in [4.69, 9.17) is 9.47 Å². The van der Waals surface area contributed by atoms with Gasteiger partial charge in [0.1, 0.15) is 11.6 Å². The number of carbonyl (C=O) groups excluding carboxylic acids is 1. The Balaban J connectivity index is 2.23. The maximum absolute atomic E-state index is 12.2. The molecule has 1 aromatic carbocycles. The summed E-state index contributed by atoms with van der Waals surface area (Å²) < 4.78 is 12.0. The van der Waals surface area contributed by atoms with Crippen LogP contribution in [0.1, 0.15) is 29.8 Å². The van der Waals surface area contributed by atoms with Crippen molar-refractivity contribution in [1.29, 1.82) is 0 Å². The molecule has 0 bridgehead atoms. The van der Waals surface area contributed by atoms with Crippen molar-refractivity contribution in [1.82, 2.24) is 4.57 Å². The van der Waals surface area contributed by atoms with E-state index in [0.717, 1.165) is 0 Å². The Hall–Kier alpha value is -2.89. The first kappa shape index (κ1) is 15.0. The van der Waals surface area contributed by atoms with Gasteiger partial charge >= 0.3 is 5.97 Å². The molecule has 2 aromatic rings. The van der Waals surface area contributed by atoms with E-state index in [1.54, 1.807) is 50.4 Å². The smallest absolute Gasteiger partial charge is 0.337 e. The van der Waals surface area contributed by atoms with Gasteiger partial charge in [0.15, 0.2) is 5.72 Å². The van der Waals surface area contributed by atoms with Gasteiger partial charge in [-0.25, -0.2) is 9.79 Å². The Morgan fingerprint density at radius 3 is 2.74 bits per heavy atom. The molecule has 0 radical (unpaired) electrons. The van der Waals surface area contributed by atoms with E-state index in [-0.39, 0.29) is 5.56 Å². The quantitative estimate of drug-likeness (QED) is 0.756. The summed E-state index contributed by atoms with van der Waals surface area (Å²) in [6.45, 7) is 3.61. The average molecular weight is 312 g/mol. The van der Waals surface area contributed by atoms with Crippen molar-refractivity contribution >= 4 is 11.8 Å². The summed E-state index contributed by atoms with van der Waals surface area (Å²) in [4.78, 5) is 28.4. The number of rotatable bonds is 1. The van der Waals surface area contributed by atoms with Crippen molar-refractivity contribution in [3.05, 3.63) is 64.1 Å². The van der Waals surface area contributed by atoms with Gasteiger partial charge in [-0.1, -0.05) is 6.07 Å². The van der Waals surface area contributed by atoms with Crippen LogP contribution in [0.4, 0.5) is 0 Å². The number of nitrogens with zero attached hydrogens (tertiary/aromatic N) is 2. The van der Waals surface area contributed by atoms with Crippen molar-refractivity contribution in [3.8, 4) is 5.75 Å². The predicted octanol–water partition coefficient (Wildman–Crippen LogP) is 2.06. The zero-order valence-corrected chi connectivity index (χ0v) is 13.1. The van der Waals surface area contributed by atoms with Gasteiger partial charge in [0.05, 0.1) is 18.2 Å². The molecule has 0 amide bonds. The number of esters is 1. The Kier molecular flexibility index (Phi) is 3.52. The maximum atomic E-state index is 12.2. The predicted molar refractivity (Wildman–Crippen MR) is 85.1 cm³/mol. The second kappa shape index (κ2) is 5.39. The van der Waals surface area contributed by atoms with E-state index in [1.165, 1.54) is 17.7 Å². The summed E-state index contributed by atoms with van der Waals surface area (Å²) in [5.41, 5.74) is -0.0881. The highest BCUT2D eigenvalue weighted by atomic mass is 16.5. The van der Waals surface area contributed by atoms with Gasteiger partial charge in [0.25, 0.3) is 5.56 Å². The molecule has 1 aromatic heterocycles. The third-order valence-corrected chi connectivity index (χ3v) is 3.43. The third kappa shape index (κ3) is 2.75. The molecular weight excluding hydrogens is 296 g/mol. The fourth-order valence-electron chi connectivity index (χ4n) is 2.43. The molecule has 1 aliphatic rings. The molecule has 6 nitrogen and oxygen atoms in total. The largest absolute Gasteiger partial charge is 0.466 e. The van der Waals surface area contributed by atoms with Crippen LogP contribution in [-0.2, 0) is 4.74 Å². The van der Waals surface area contributed by atoms with Crippen LogP contribution in [0, 0.1) is 0 Å². The molecule has 0 fully saturated rings. The minimum Gasteiger partial charge on any atom is -0.466 e. The third-order valence-electron chi connectivity index (χ3n) is 3.43. The molecule has 2 heterocycles. The Labute approximate surface area is 133 Å². The highest BCUT2D eigenvalue weighted by molar-refractivity contribution is 6.05. The zero-order valence-electron chi connectivity index (χ0n) is 13.1. The van der Waals surface area contributed by atoms with Crippen LogP contribution in [0.5, 0.6) is 5.75 Å². The van der Waals surface area contributed by atoms with Crippen LogP contribution in [0.2, 0.25) is 0 Å². The molecule has 3 rings (SSSR count). The number of carbonyl (C=O) groups is 1. The van der Waals surface area contributed by atoms with Crippen LogP contribution < -0.4 is 10.3 Å². The number of aromatic nitrogens is 1. The van der Waals surface area contributed by atoms with Crippen molar-refractivity contribution in [2.45, 2.75) is 19.6 Å². The topological polar surface area (TPSA) is 69.9 Å². The highest BCUT2D eigenvalue weighted by Crippen LogP contribution is 2.31. The monoisotopic (exact) mass is 312 g/mol. The standard InChI is InChI=1S/C17H16N2O4/c1-17(2)18-15(19-9-5-4-6-14(19)20)12-10-11(16(21)22-3)7-8-13(12)23-17/h4-10H,1-3H3. The number of hydrogen-bond donors (Lipinski definition) is 0. The van der Waals surface area contributed by atoms with Crippen molar-refractivity contribution in [3.63, 3.8) is 0 Å². The fraction of sp³-hybridized carbons (Fsp3) is 0.235. The van der Waals surface area contributed by atoms with Gasteiger partial charge in [-0.2, -0.15) is 0 Å². The second-order valence-corrected chi connectivity index (χ2v) is 5.60. The first-order valence-electron chi connectivity index (χ1n) is 7.11. The lowest BCUT2D eigenvalue weighted by Crippen LogP contribution is -2.37. The molecule has 6 heteroatoms. The average Bonchev–Trinajstić information content (AvgIpc) is 2.52. The van der Waals surface area contributed by atoms with Crippen LogP contribution in [0.25, 0.3) is 0 Å². The van der Waals surface area contributed by atoms with Gasteiger partial charge in [-0.15, -0.1) is 0 Å².